The lowest BCUT2D eigenvalue weighted by Crippen LogP contribution is -2.39. The van der Waals surface area contributed by atoms with E-state index in [1.807, 2.05) is 60.8 Å². The lowest BCUT2D eigenvalue weighted by Gasteiger charge is -2.34. The van der Waals surface area contributed by atoms with Gasteiger partial charge in [-0.1, -0.05) is 36.4 Å². The lowest BCUT2D eigenvalue weighted by molar-refractivity contribution is 0.0473. The largest absolute Gasteiger partial charge is 0.379 e. The lowest BCUT2D eigenvalue weighted by atomic mass is 9.97. The molecule has 0 spiro atoms. The Morgan fingerprint density at radius 1 is 1.12 bits per heavy atom. The molecule has 4 rings (SSSR count). The second-order valence-electron chi connectivity index (χ2n) is 8.83. The molecule has 0 radical (unpaired) electrons. The molecule has 2 aromatic carbocycles. The number of rotatable bonds is 8. The number of benzene rings is 2. The summed E-state index contributed by atoms with van der Waals surface area (Å²) in [7, 11) is 0. The van der Waals surface area contributed by atoms with Crippen molar-refractivity contribution in [2.75, 3.05) is 26.3 Å². The van der Waals surface area contributed by atoms with Gasteiger partial charge in [0.2, 0.25) is 0 Å². The highest BCUT2D eigenvalue weighted by Crippen LogP contribution is 2.21. The number of H-pyrrole nitrogens is 1. The quantitative estimate of drug-likeness (QED) is 0.491. The van der Waals surface area contributed by atoms with Crippen LogP contribution in [0.25, 0.3) is 10.9 Å². The number of hydrogen-bond donors (Lipinski definition) is 2. The number of nitrogens with one attached hydrogen (secondary N) is 2. The molecule has 1 saturated heterocycles. The maximum Gasteiger partial charge on any atom is 0.251 e. The first-order valence-corrected chi connectivity index (χ1v) is 11.3. The first-order valence-electron chi connectivity index (χ1n) is 11.3. The number of fused-ring (bicyclic) bond motifs is 1. The van der Waals surface area contributed by atoms with E-state index in [9.17, 15) is 4.79 Å². The van der Waals surface area contributed by atoms with Gasteiger partial charge in [-0.05, 0) is 74.8 Å². The van der Waals surface area contributed by atoms with E-state index in [0.717, 1.165) is 36.2 Å². The Balaban J connectivity index is 0.00000289. The van der Waals surface area contributed by atoms with Crippen LogP contribution in [0.5, 0.6) is 0 Å². The highest BCUT2D eigenvalue weighted by molar-refractivity contribution is 5.98. The van der Waals surface area contributed by atoms with Crippen molar-refractivity contribution in [3.05, 3.63) is 71.9 Å². The molecule has 1 fully saturated rings. The number of piperidine rings is 1. The summed E-state index contributed by atoms with van der Waals surface area (Å²) in [6, 6.07) is 18.3. The summed E-state index contributed by atoms with van der Waals surface area (Å²) in [5, 5.41) is 4.28. The van der Waals surface area contributed by atoms with E-state index < -0.39 is 0 Å². The van der Waals surface area contributed by atoms with Crippen molar-refractivity contribution in [2.24, 2.45) is 5.92 Å². The Morgan fingerprint density at radius 3 is 2.59 bits per heavy atom. The van der Waals surface area contributed by atoms with Gasteiger partial charge in [-0.2, -0.15) is 0 Å². The van der Waals surface area contributed by atoms with Gasteiger partial charge < -0.3 is 19.9 Å². The van der Waals surface area contributed by atoms with Crippen molar-refractivity contribution in [1.82, 2.24) is 15.2 Å². The van der Waals surface area contributed by atoms with E-state index in [2.05, 4.69) is 29.0 Å². The third-order valence-corrected chi connectivity index (χ3v) is 6.34. The Hall–Kier alpha value is -2.34. The fourth-order valence-corrected chi connectivity index (χ4v) is 4.33. The first kappa shape index (κ1) is 24.3. The average molecular weight is 456 g/mol. The number of hydrogen-bond acceptors (Lipinski definition) is 3. The molecule has 0 bridgehead atoms. The third kappa shape index (κ3) is 6.12. The third-order valence-electron chi connectivity index (χ3n) is 6.34. The molecular weight excluding hydrogens is 422 g/mol. The average Bonchev–Trinajstić information content (AvgIpc) is 3.27. The van der Waals surface area contributed by atoms with Crippen LogP contribution in [0.4, 0.5) is 0 Å². The van der Waals surface area contributed by atoms with Crippen molar-refractivity contribution in [1.29, 1.82) is 0 Å². The van der Waals surface area contributed by atoms with E-state index in [0.29, 0.717) is 24.1 Å². The molecule has 5 nitrogen and oxygen atoms in total. The summed E-state index contributed by atoms with van der Waals surface area (Å²) in [4.78, 5) is 18.7. The number of ether oxygens (including phenoxy) is 1. The predicted octanol–water partition coefficient (Wildman–Crippen LogP) is 5.20. The molecule has 2 N–H and O–H groups in total. The number of amides is 1. The van der Waals surface area contributed by atoms with E-state index in [1.54, 1.807) is 0 Å². The Labute approximate surface area is 196 Å². The molecule has 6 heteroatoms. The fourth-order valence-electron chi connectivity index (χ4n) is 4.33. The van der Waals surface area contributed by atoms with Crippen LogP contribution in [0.15, 0.2) is 60.8 Å². The molecule has 1 aliphatic heterocycles. The number of nitrogens with zero attached hydrogens (tertiary/aromatic N) is 1. The van der Waals surface area contributed by atoms with Gasteiger partial charge in [0, 0.05) is 29.9 Å². The zero-order valence-corrected chi connectivity index (χ0v) is 19.7. The zero-order valence-electron chi connectivity index (χ0n) is 18.9. The molecular formula is C26H34ClN3O2. The van der Waals surface area contributed by atoms with Crippen LogP contribution in [0.3, 0.4) is 0 Å². The Kier molecular flexibility index (Phi) is 8.74. The summed E-state index contributed by atoms with van der Waals surface area (Å²) >= 11 is 0. The summed E-state index contributed by atoms with van der Waals surface area (Å²) in [6.45, 7) is 8.04. The standard InChI is InChI=1S/C26H33N3O2.ClH/c1-19(2)29-14-11-20(12-15-29)17-31-18-25(21-6-4-3-5-7-21)28-26(30)23-9-8-22-10-13-27-24(22)16-23;/h3-10,13,16,19-20,25,27H,11-12,14-15,17-18H2,1-2H3,(H,28,30);1H/t25-;/m0./s1. The van der Waals surface area contributed by atoms with Crippen LogP contribution in [0.2, 0.25) is 0 Å². The van der Waals surface area contributed by atoms with Crippen LogP contribution in [-0.4, -0.2) is 48.1 Å². The Bertz CT molecular complexity index is 981. The van der Waals surface area contributed by atoms with Crippen molar-refractivity contribution in [2.45, 2.75) is 38.8 Å². The minimum Gasteiger partial charge on any atom is -0.379 e. The second-order valence-corrected chi connectivity index (χ2v) is 8.83. The molecule has 2 heterocycles. The van der Waals surface area contributed by atoms with Gasteiger partial charge in [0.1, 0.15) is 0 Å². The summed E-state index contributed by atoms with van der Waals surface area (Å²) in [5.41, 5.74) is 2.68. The number of halogens is 1. The second kappa shape index (κ2) is 11.5. The summed E-state index contributed by atoms with van der Waals surface area (Å²) < 4.78 is 6.14. The molecule has 0 unspecified atom stereocenters. The molecule has 0 aliphatic carbocycles. The fraction of sp³-hybridized carbons (Fsp3) is 0.423. The Morgan fingerprint density at radius 2 is 1.88 bits per heavy atom. The van der Waals surface area contributed by atoms with Gasteiger partial charge in [-0.3, -0.25) is 4.79 Å². The van der Waals surface area contributed by atoms with E-state index in [4.69, 9.17) is 4.74 Å². The molecule has 1 atom stereocenters. The molecule has 0 saturated carbocycles. The van der Waals surface area contributed by atoms with Crippen LogP contribution in [-0.2, 0) is 4.74 Å². The SMILES string of the molecule is CC(C)N1CCC(COC[C@H](NC(=O)c2ccc3cc[nH]c3c2)c2ccccc2)CC1.Cl. The number of likely N-dealkylation sites (tertiary alicyclic amines) is 1. The summed E-state index contributed by atoms with van der Waals surface area (Å²) in [5.74, 6) is 0.511. The smallest absolute Gasteiger partial charge is 0.251 e. The summed E-state index contributed by atoms with van der Waals surface area (Å²) in [6.07, 6.45) is 4.24. The molecule has 1 amide bonds. The maximum absolute atomic E-state index is 13.0. The highest BCUT2D eigenvalue weighted by Gasteiger charge is 2.22. The predicted molar refractivity (Wildman–Crippen MR) is 132 cm³/mol. The van der Waals surface area contributed by atoms with Gasteiger partial charge in [0.05, 0.1) is 12.6 Å². The van der Waals surface area contributed by atoms with Crippen molar-refractivity contribution < 1.29 is 9.53 Å². The van der Waals surface area contributed by atoms with Gasteiger partial charge in [-0.15, -0.1) is 12.4 Å². The van der Waals surface area contributed by atoms with Crippen LogP contribution < -0.4 is 5.32 Å². The zero-order chi connectivity index (χ0) is 21.6. The van der Waals surface area contributed by atoms with Gasteiger partial charge in [0.15, 0.2) is 0 Å². The normalized spacial score (nSPS) is 16.1. The maximum atomic E-state index is 13.0. The molecule has 1 aliphatic rings. The minimum atomic E-state index is -0.177. The molecule has 172 valence electrons. The number of carbonyl (C=O) groups is 1. The topological polar surface area (TPSA) is 57.4 Å². The van der Waals surface area contributed by atoms with Crippen molar-refractivity contribution in [3.63, 3.8) is 0 Å². The van der Waals surface area contributed by atoms with Gasteiger partial charge in [0.25, 0.3) is 5.91 Å². The van der Waals surface area contributed by atoms with Crippen LogP contribution in [0, 0.1) is 5.92 Å². The van der Waals surface area contributed by atoms with Crippen LogP contribution >= 0.6 is 12.4 Å². The monoisotopic (exact) mass is 455 g/mol. The number of carbonyl (C=O) groups excluding carboxylic acids is 1. The van der Waals surface area contributed by atoms with Gasteiger partial charge >= 0.3 is 0 Å². The molecule has 1 aromatic heterocycles. The van der Waals surface area contributed by atoms with Gasteiger partial charge in [-0.25, -0.2) is 0 Å². The van der Waals surface area contributed by atoms with Crippen LogP contribution in [0.1, 0.15) is 48.7 Å². The van der Waals surface area contributed by atoms with Crippen molar-refractivity contribution in [3.8, 4) is 0 Å². The van der Waals surface area contributed by atoms with E-state index >= 15 is 0 Å². The molecule has 32 heavy (non-hydrogen) atoms. The number of aromatic amines is 1. The van der Waals surface area contributed by atoms with E-state index in [1.165, 1.54) is 12.8 Å². The molecule has 3 aromatic rings. The first-order chi connectivity index (χ1) is 15.1. The minimum absolute atomic E-state index is 0. The number of aromatic nitrogens is 1. The van der Waals surface area contributed by atoms with Crippen molar-refractivity contribution >= 4 is 29.2 Å². The van der Waals surface area contributed by atoms with E-state index in [-0.39, 0.29) is 24.4 Å². The highest BCUT2D eigenvalue weighted by atomic mass is 35.5.